The molecule has 0 radical (unpaired) electrons. The van der Waals surface area contributed by atoms with Crippen molar-refractivity contribution >= 4 is 5.91 Å². The van der Waals surface area contributed by atoms with Crippen LogP contribution in [0, 0.1) is 11.8 Å². The highest BCUT2D eigenvalue weighted by Gasteiger charge is 2.45. The van der Waals surface area contributed by atoms with E-state index in [-0.39, 0.29) is 5.91 Å². The van der Waals surface area contributed by atoms with Crippen molar-refractivity contribution in [3.8, 4) is 0 Å². The van der Waals surface area contributed by atoms with Crippen molar-refractivity contribution in [2.24, 2.45) is 18.9 Å². The molecule has 2 saturated heterocycles. The summed E-state index contributed by atoms with van der Waals surface area (Å²) in [5, 5.41) is 7.75. The Morgan fingerprint density at radius 3 is 2.42 bits per heavy atom. The molecular formula is C13H19N5O. The summed E-state index contributed by atoms with van der Waals surface area (Å²) in [5.41, 5.74) is 0.474. The lowest BCUT2D eigenvalue weighted by atomic mass is 10.0. The van der Waals surface area contributed by atoms with Crippen molar-refractivity contribution in [2.75, 3.05) is 26.2 Å². The van der Waals surface area contributed by atoms with Gasteiger partial charge in [-0.25, -0.2) is 0 Å². The second-order valence-corrected chi connectivity index (χ2v) is 6.19. The lowest BCUT2D eigenvalue weighted by Crippen LogP contribution is -2.34. The number of hydrogen-bond donors (Lipinski definition) is 0. The van der Waals surface area contributed by atoms with Crippen molar-refractivity contribution < 1.29 is 4.79 Å². The lowest BCUT2D eigenvalue weighted by molar-refractivity contribution is 0.0767. The minimum absolute atomic E-state index is 0.0421. The molecule has 6 nitrogen and oxygen atoms in total. The molecule has 0 aromatic carbocycles. The minimum atomic E-state index is 0.0421. The Labute approximate surface area is 112 Å². The summed E-state index contributed by atoms with van der Waals surface area (Å²) >= 11 is 0. The molecule has 4 rings (SSSR count). The third kappa shape index (κ3) is 1.94. The van der Waals surface area contributed by atoms with Gasteiger partial charge in [0.1, 0.15) is 0 Å². The molecule has 0 N–H and O–H groups in total. The van der Waals surface area contributed by atoms with Gasteiger partial charge in [-0.2, -0.15) is 0 Å². The zero-order chi connectivity index (χ0) is 13.0. The average Bonchev–Trinajstić information content (AvgIpc) is 2.83. The molecule has 0 spiro atoms. The Morgan fingerprint density at radius 1 is 1.21 bits per heavy atom. The fourth-order valence-corrected chi connectivity index (χ4v) is 3.54. The zero-order valence-corrected chi connectivity index (χ0v) is 11.2. The molecule has 19 heavy (non-hydrogen) atoms. The Kier molecular flexibility index (Phi) is 2.42. The second kappa shape index (κ2) is 4.03. The molecule has 1 aromatic heterocycles. The molecular weight excluding hydrogens is 242 g/mol. The summed E-state index contributed by atoms with van der Waals surface area (Å²) in [7, 11) is 1.79. The summed E-state index contributed by atoms with van der Waals surface area (Å²) in [5.74, 6) is 1.38. The first-order valence-electron chi connectivity index (χ1n) is 7.10. The number of carbonyl (C=O) groups excluding carboxylic acids is 1. The fraction of sp³-hybridized carbons (Fsp3) is 0.769. The van der Waals surface area contributed by atoms with Crippen LogP contribution >= 0.6 is 0 Å². The van der Waals surface area contributed by atoms with Crippen LogP contribution < -0.4 is 0 Å². The Morgan fingerprint density at radius 2 is 1.89 bits per heavy atom. The number of fused-ring (bicyclic) bond motifs is 1. The van der Waals surface area contributed by atoms with E-state index in [0.717, 1.165) is 19.1 Å². The van der Waals surface area contributed by atoms with Crippen molar-refractivity contribution in [1.29, 1.82) is 0 Å². The molecule has 2 aliphatic heterocycles. The van der Waals surface area contributed by atoms with Crippen molar-refractivity contribution in [1.82, 2.24) is 24.8 Å². The van der Waals surface area contributed by atoms with Crippen molar-refractivity contribution in [2.45, 2.75) is 18.9 Å². The molecule has 2 atom stereocenters. The summed E-state index contributed by atoms with van der Waals surface area (Å²) in [6.07, 6.45) is 4.45. The molecule has 1 aliphatic carbocycles. The van der Waals surface area contributed by atoms with E-state index in [0.29, 0.717) is 17.5 Å². The molecule has 0 bridgehead atoms. The molecule has 3 heterocycles. The van der Waals surface area contributed by atoms with Gasteiger partial charge in [0.05, 0.1) is 6.20 Å². The molecule has 1 aromatic rings. The zero-order valence-electron chi connectivity index (χ0n) is 11.2. The number of aromatic nitrogens is 3. The highest BCUT2D eigenvalue weighted by atomic mass is 16.2. The van der Waals surface area contributed by atoms with Crippen LogP contribution in [0.1, 0.15) is 23.3 Å². The highest BCUT2D eigenvalue weighted by Crippen LogP contribution is 2.38. The molecule has 1 saturated carbocycles. The monoisotopic (exact) mass is 261 g/mol. The predicted molar refractivity (Wildman–Crippen MR) is 68.5 cm³/mol. The normalized spacial score (nSPS) is 30.9. The maximum atomic E-state index is 12.3. The number of hydrogen-bond acceptors (Lipinski definition) is 4. The summed E-state index contributed by atoms with van der Waals surface area (Å²) in [6, 6.07) is 0.856. The van der Waals surface area contributed by atoms with Gasteiger partial charge in [-0.3, -0.25) is 14.4 Å². The lowest BCUT2D eigenvalue weighted by Gasteiger charge is -2.20. The van der Waals surface area contributed by atoms with E-state index in [1.165, 1.54) is 25.9 Å². The molecule has 2 unspecified atom stereocenters. The van der Waals surface area contributed by atoms with Crippen LogP contribution in [0.5, 0.6) is 0 Å². The van der Waals surface area contributed by atoms with Crippen LogP contribution in [-0.2, 0) is 7.05 Å². The smallest absolute Gasteiger partial charge is 0.276 e. The number of amides is 1. The van der Waals surface area contributed by atoms with Gasteiger partial charge in [-0.05, 0) is 24.7 Å². The third-order valence-electron chi connectivity index (χ3n) is 4.69. The molecule has 1 amide bonds. The predicted octanol–water partition coefficient (Wildman–Crippen LogP) is -0.0187. The molecule has 3 fully saturated rings. The summed E-state index contributed by atoms with van der Waals surface area (Å²) in [4.78, 5) is 16.9. The van der Waals surface area contributed by atoms with E-state index >= 15 is 0 Å². The molecule has 6 heteroatoms. The fourth-order valence-electron chi connectivity index (χ4n) is 3.54. The first-order valence-corrected chi connectivity index (χ1v) is 7.10. The van der Waals surface area contributed by atoms with Crippen LogP contribution in [0.25, 0.3) is 0 Å². The first-order chi connectivity index (χ1) is 9.20. The van der Waals surface area contributed by atoms with Gasteiger partial charge < -0.3 is 4.90 Å². The third-order valence-corrected chi connectivity index (χ3v) is 4.69. The van der Waals surface area contributed by atoms with Gasteiger partial charge in [-0.1, -0.05) is 5.21 Å². The van der Waals surface area contributed by atoms with Crippen LogP contribution in [0.15, 0.2) is 6.20 Å². The SMILES string of the molecule is Cn1cc(C(=O)N2CC3CN(C4CC4)CC3C2)nn1. The Balaban J connectivity index is 1.42. The van der Waals surface area contributed by atoms with Crippen LogP contribution in [0.3, 0.4) is 0 Å². The number of aryl methyl sites for hydroxylation is 1. The first kappa shape index (κ1) is 11.4. The van der Waals surface area contributed by atoms with Gasteiger partial charge in [0.15, 0.2) is 5.69 Å². The average molecular weight is 261 g/mol. The Hall–Kier alpha value is -1.43. The number of rotatable bonds is 2. The molecule has 102 valence electrons. The van der Waals surface area contributed by atoms with E-state index in [9.17, 15) is 4.79 Å². The Bertz CT molecular complexity index is 495. The van der Waals surface area contributed by atoms with E-state index in [1.807, 2.05) is 4.90 Å². The van der Waals surface area contributed by atoms with Gasteiger partial charge in [0.2, 0.25) is 0 Å². The van der Waals surface area contributed by atoms with Crippen molar-refractivity contribution in [3.63, 3.8) is 0 Å². The number of nitrogens with zero attached hydrogens (tertiary/aromatic N) is 5. The van der Waals surface area contributed by atoms with Crippen molar-refractivity contribution in [3.05, 3.63) is 11.9 Å². The summed E-state index contributed by atoms with van der Waals surface area (Å²) in [6.45, 7) is 4.14. The van der Waals surface area contributed by atoms with E-state index < -0.39 is 0 Å². The summed E-state index contributed by atoms with van der Waals surface area (Å²) < 4.78 is 1.58. The van der Waals surface area contributed by atoms with Gasteiger partial charge >= 0.3 is 0 Å². The maximum Gasteiger partial charge on any atom is 0.276 e. The maximum absolute atomic E-state index is 12.3. The minimum Gasteiger partial charge on any atom is -0.337 e. The quantitative estimate of drug-likeness (QED) is 0.751. The van der Waals surface area contributed by atoms with Crippen LogP contribution in [0.2, 0.25) is 0 Å². The van der Waals surface area contributed by atoms with Crippen LogP contribution in [-0.4, -0.2) is 62.9 Å². The van der Waals surface area contributed by atoms with E-state index in [4.69, 9.17) is 0 Å². The number of carbonyl (C=O) groups is 1. The van der Waals surface area contributed by atoms with Crippen LogP contribution in [0.4, 0.5) is 0 Å². The van der Waals surface area contributed by atoms with Gasteiger partial charge in [0, 0.05) is 39.3 Å². The largest absolute Gasteiger partial charge is 0.337 e. The van der Waals surface area contributed by atoms with E-state index in [2.05, 4.69) is 15.2 Å². The van der Waals surface area contributed by atoms with Gasteiger partial charge in [-0.15, -0.1) is 5.10 Å². The highest BCUT2D eigenvalue weighted by molar-refractivity contribution is 5.92. The van der Waals surface area contributed by atoms with Gasteiger partial charge in [0.25, 0.3) is 5.91 Å². The topological polar surface area (TPSA) is 54.3 Å². The number of likely N-dealkylation sites (tertiary alicyclic amines) is 2. The standard InChI is InChI=1S/C13H19N5O/c1-16-8-12(14-15-16)13(19)18-6-9-4-17(11-2-3-11)5-10(9)7-18/h8-11H,2-7H2,1H3. The second-order valence-electron chi connectivity index (χ2n) is 6.19. The van der Waals surface area contributed by atoms with E-state index in [1.54, 1.807) is 17.9 Å². The molecule has 3 aliphatic rings.